The molecule has 0 saturated carbocycles. The van der Waals surface area contributed by atoms with Crippen LogP contribution in [0.1, 0.15) is 5.82 Å². The fourth-order valence-corrected chi connectivity index (χ4v) is 3.42. The van der Waals surface area contributed by atoms with Crippen LogP contribution in [0.3, 0.4) is 0 Å². The van der Waals surface area contributed by atoms with Crippen molar-refractivity contribution in [3.05, 3.63) is 46.6 Å². The van der Waals surface area contributed by atoms with E-state index in [1.165, 1.54) is 0 Å². The lowest BCUT2D eigenvalue weighted by Crippen LogP contribution is -2.10. The highest BCUT2D eigenvalue weighted by molar-refractivity contribution is 7.98. The average Bonchev–Trinajstić information content (AvgIpc) is 2.94. The Kier molecular flexibility index (Phi) is 4.07. The number of nitrogens with zero attached hydrogens (tertiary/aromatic N) is 2. The Bertz CT molecular complexity index is 727. The number of hydrogen-bond acceptors (Lipinski definition) is 6. The lowest BCUT2D eigenvalue weighted by atomic mass is 10.4. The van der Waals surface area contributed by atoms with E-state index >= 15 is 0 Å². The molecule has 4 nitrogen and oxygen atoms in total. The molecule has 7 heteroatoms. The highest BCUT2D eigenvalue weighted by Crippen LogP contribution is 2.27. The number of hydrazine groups is 1. The number of nitrogen functional groups attached to an aromatic ring is 1. The van der Waals surface area contributed by atoms with Crippen molar-refractivity contribution in [3.63, 3.8) is 0 Å². The van der Waals surface area contributed by atoms with Gasteiger partial charge in [0.1, 0.15) is 10.7 Å². The monoisotopic (exact) mass is 322 g/mol. The topological polar surface area (TPSA) is 63.8 Å². The maximum atomic E-state index is 5.87. The maximum absolute atomic E-state index is 5.87. The third kappa shape index (κ3) is 2.88. The van der Waals surface area contributed by atoms with Crippen LogP contribution in [-0.4, -0.2) is 9.97 Å². The van der Waals surface area contributed by atoms with Crippen LogP contribution in [0.25, 0.3) is 10.2 Å². The summed E-state index contributed by atoms with van der Waals surface area (Å²) in [6.45, 7) is 0. The van der Waals surface area contributed by atoms with Gasteiger partial charge < -0.3 is 5.43 Å². The van der Waals surface area contributed by atoms with Crippen molar-refractivity contribution in [1.29, 1.82) is 0 Å². The smallest absolute Gasteiger partial charge is 0.152 e. The number of thioether (sulfide) groups is 1. The van der Waals surface area contributed by atoms with Gasteiger partial charge in [-0.1, -0.05) is 11.6 Å². The first-order valence-corrected chi connectivity index (χ1v) is 8.09. The van der Waals surface area contributed by atoms with Crippen LogP contribution in [0.4, 0.5) is 5.82 Å². The van der Waals surface area contributed by atoms with E-state index in [0.29, 0.717) is 11.6 Å². The number of fused-ring (bicyclic) bond motifs is 1. The SMILES string of the molecule is NNc1nc(CSc2ccc(Cl)cc2)nc2sccc12. The predicted octanol–water partition coefficient (Wildman–Crippen LogP) is 3.92. The summed E-state index contributed by atoms with van der Waals surface area (Å²) in [5.41, 5.74) is 2.63. The number of benzene rings is 1. The fraction of sp³-hybridized carbons (Fsp3) is 0.0769. The first-order valence-electron chi connectivity index (χ1n) is 5.85. The molecular weight excluding hydrogens is 312 g/mol. The van der Waals surface area contributed by atoms with E-state index < -0.39 is 0 Å². The molecule has 0 saturated heterocycles. The third-order valence-corrected chi connectivity index (χ3v) is 4.76. The molecular formula is C13H11ClN4S2. The molecule has 2 aromatic heterocycles. The Balaban J connectivity index is 1.81. The van der Waals surface area contributed by atoms with Gasteiger partial charge in [-0.3, -0.25) is 0 Å². The Labute approximate surface area is 129 Å². The van der Waals surface area contributed by atoms with Crippen molar-refractivity contribution in [1.82, 2.24) is 9.97 Å². The van der Waals surface area contributed by atoms with Gasteiger partial charge in [0.2, 0.25) is 0 Å². The van der Waals surface area contributed by atoms with Crippen molar-refractivity contribution in [2.75, 3.05) is 5.43 Å². The van der Waals surface area contributed by atoms with Gasteiger partial charge in [-0.05, 0) is 35.7 Å². The molecule has 0 aliphatic heterocycles. The summed E-state index contributed by atoms with van der Waals surface area (Å²) >= 11 is 9.11. The lowest BCUT2D eigenvalue weighted by Gasteiger charge is -2.05. The van der Waals surface area contributed by atoms with E-state index in [1.54, 1.807) is 23.1 Å². The molecule has 0 atom stereocenters. The second-order valence-electron chi connectivity index (χ2n) is 4.01. The maximum Gasteiger partial charge on any atom is 0.152 e. The number of rotatable bonds is 4. The average molecular weight is 323 g/mol. The minimum absolute atomic E-state index is 0.669. The largest absolute Gasteiger partial charge is 0.308 e. The zero-order valence-corrected chi connectivity index (χ0v) is 12.7. The van der Waals surface area contributed by atoms with Gasteiger partial charge in [-0.15, -0.1) is 23.1 Å². The summed E-state index contributed by atoms with van der Waals surface area (Å²) in [6, 6.07) is 9.68. The molecule has 3 aromatic rings. The van der Waals surface area contributed by atoms with E-state index in [9.17, 15) is 0 Å². The van der Waals surface area contributed by atoms with Crippen LogP contribution in [0, 0.1) is 0 Å². The molecule has 0 spiro atoms. The molecule has 20 heavy (non-hydrogen) atoms. The second kappa shape index (κ2) is 5.97. The molecule has 0 radical (unpaired) electrons. The van der Waals surface area contributed by atoms with Gasteiger partial charge in [0.15, 0.2) is 5.82 Å². The molecule has 1 aromatic carbocycles. The van der Waals surface area contributed by atoms with E-state index in [0.717, 1.165) is 26.0 Å². The van der Waals surface area contributed by atoms with Crippen LogP contribution < -0.4 is 11.3 Å². The molecule has 0 amide bonds. The molecule has 3 rings (SSSR count). The Morgan fingerprint density at radius 2 is 2.00 bits per heavy atom. The highest BCUT2D eigenvalue weighted by atomic mass is 35.5. The summed E-state index contributed by atoms with van der Waals surface area (Å²) in [7, 11) is 0. The Hall–Kier alpha value is -1.34. The molecule has 0 aliphatic rings. The number of halogens is 1. The van der Waals surface area contributed by atoms with Crippen LogP contribution in [0.15, 0.2) is 40.6 Å². The summed E-state index contributed by atoms with van der Waals surface area (Å²) in [5, 5.41) is 3.68. The number of nitrogens with one attached hydrogen (secondary N) is 1. The van der Waals surface area contributed by atoms with Gasteiger partial charge in [0, 0.05) is 9.92 Å². The highest BCUT2D eigenvalue weighted by Gasteiger charge is 2.08. The van der Waals surface area contributed by atoms with Crippen molar-refractivity contribution in [2.24, 2.45) is 5.84 Å². The molecule has 0 aliphatic carbocycles. The lowest BCUT2D eigenvalue weighted by molar-refractivity contribution is 1.06. The van der Waals surface area contributed by atoms with Crippen LogP contribution in [0.5, 0.6) is 0 Å². The first kappa shape index (κ1) is 13.6. The standard InChI is InChI=1S/C13H11ClN4S2/c14-8-1-3-9(4-2-8)20-7-11-16-12(18-15)10-5-6-19-13(10)17-11/h1-6H,7,15H2,(H,16,17,18). The first-order chi connectivity index (χ1) is 9.76. The normalized spacial score (nSPS) is 10.9. The predicted molar refractivity (Wildman–Crippen MR) is 86.2 cm³/mol. The minimum Gasteiger partial charge on any atom is -0.308 e. The van der Waals surface area contributed by atoms with Crippen molar-refractivity contribution in [3.8, 4) is 0 Å². The number of hydrogen-bond donors (Lipinski definition) is 2. The van der Waals surface area contributed by atoms with Crippen LogP contribution >= 0.6 is 34.7 Å². The summed E-state index contributed by atoms with van der Waals surface area (Å²) in [5.74, 6) is 7.62. The van der Waals surface area contributed by atoms with Gasteiger partial charge in [-0.2, -0.15) is 0 Å². The summed E-state index contributed by atoms with van der Waals surface area (Å²) in [4.78, 5) is 11.1. The van der Waals surface area contributed by atoms with Crippen LogP contribution in [-0.2, 0) is 5.75 Å². The number of thiophene rings is 1. The summed E-state index contributed by atoms with van der Waals surface area (Å²) < 4.78 is 0. The zero-order valence-electron chi connectivity index (χ0n) is 10.3. The molecule has 0 bridgehead atoms. The van der Waals surface area contributed by atoms with Crippen molar-refractivity contribution < 1.29 is 0 Å². The Morgan fingerprint density at radius 1 is 1.20 bits per heavy atom. The van der Waals surface area contributed by atoms with Gasteiger partial charge in [0.25, 0.3) is 0 Å². The third-order valence-electron chi connectivity index (χ3n) is 2.69. The van der Waals surface area contributed by atoms with E-state index in [2.05, 4.69) is 15.4 Å². The zero-order chi connectivity index (χ0) is 13.9. The molecule has 3 N–H and O–H groups in total. The van der Waals surface area contributed by atoms with E-state index in [-0.39, 0.29) is 0 Å². The van der Waals surface area contributed by atoms with Crippen LogP contribution in [0.2, 0.25) is 5.02 Å². The fourth-order valence-electron chi connectivity index (χ4n) is 1.75. The molecule has 0 unspecified atom stereocenters. The number of aromatic nitrogens is 2. The Morgan fingerprint density at radius 3 is 2.75 bits per heavy atom. The number of nitrogens with two attached hydrogens (primary N) is 1. The van der Waals surface area contributed by atoms with Gasteiger partial charge >= 0.3 is 0 Å². The molecule has 2 heterocycles. The molecule has 102 valence electrons. The van der Waals surface area contributed by atoms with E-state index in [1.807, 2.05) is 35.7 Å². The van der Waals surface area contributed by atoms with Gasteiger partial charge in [0.05, 0.1) is 11.1 Å². The number of anilines is 1. The van der Waals surface area contributed by atoms with Crippen molar-refractivity contribution >= 4 is 50.7 Å². The second-order valence-corrected chi connectivity index (χ2v) is 6.39. The van der Waals surface area contributed by atoms with Crippen molar-refractivity contribution in [2.45, 2.75) is 10.6 Å². The van der Waals surface area contributed by atoms with E-state index in [4.69, 9.17) is 17.4 Å². The molecule has 0 fully saturated rings. The quantitative estimate of drug-likeness (QED) is 0.433. The minimum atomic E-state index is 0.669. The van der Waals surface area contributed by atoms with Gasteiger partial charge in [-0.25, -0.2) is 15.8 Å². The summed E-state index contributed by atoms with van der Waals surface area (Å²) in [6.07, 6.45) is 0.